The molecule has 0 radical (unpaired) electrons. The van der Waals surface area contributed by atoms with E-state index in [4.69, 9.17) is 32.7 Å². The van der Waals surface area contributed by atoms with Gasteiger partial charge in [-0.1, -0.05) is 37.1 Å². The summed E-state index contributed by atoms with van der Waals surface area (Å²) in [5.41, 5.74) is 2.12. The Morgan fingerprint density at radius 1 is 1.37 bits per heavy atom. The maximum Gasteiger partial charge on any atom is 0.179 e. The fraction of sp³-hybridized carbons (Fsp3) is 0.467. The van der Waals surface area contributed by atoms with Crippen molar-refractivity contribution >= 4 is 29.3 Å². The van der Waals surface area contributed by atoms with Crippen LogP contribution >= 0.6 is 23.2 Å². The zero-order valence-corrected chi connectivity index (χ0v) is 13.3. The van der Waals surface area contributed by atoms with E-state index in [0.29, 0.717) is 34.9 Å². The number of hydrogen-bond donors (Lipinski definition) is 0. The van der Waals surface area contributed by atoms with Crippen LogP contribution in [-0.2, 0) is 0 Å². The number of hydrogen-bond acceptors (Lipinski definition) is 2. The van der Waals surface area contributed by atoms with E-state index in [-0.39, 0.29) is 0 Å². The maximum absolute atomic E-state index is 6.23. The van der Waals surface area contributed by atoms with Crippen molar-refractivity contribution in [3.8, 4) is 11.5 Å². The summed E-state index contributed by atoms with van der Waals surface area (Å²) >= 11 is 12.2. The lowest BCUT2D eigenvalue weighted by Crippen LogP contribution is -1.98. The molecule has 0 spiro atoms. The lowest BCUT2D eigenvalue weighted by atomic mass is 10.0. The summed E-state index contributed by atoms with van der Waals surface area (Å²) in [6.07, 6.45) is 2.04. The maximum atomic E-state index is 6.23. The highest BCUT2D eigenvalue weighted by Crippen LogP contribution is 2.37. The molecule has 0 heterocycles. The number of ether oxygens (including phenoxy) is 2. The number of rotatable bonds is 6. The highest BCUT2D eigenvalue weighted by molar-refractivity contribution is 6.32. The van der Waals surface area contributed by atoms with Crippen molar-refractivity contribution in [1.29, 1.82) is 0 Å². The minimum absolute atomic E-state index is 0.397. The third-order valence-electron chi connectivity index (χ3n) is 2.79. The van der Waals surface area contributed by atoms with Gasteiger partial charge in [0.25, 0.3) is 0 Å². The summed E-state index contributed by atoms with van der Waals surface area (Å²) in [7, 11) is 1.60. The van der Waals surface area contributed by atoms with E-state index in [9.17, 15) is 0 Å². The van der Waals surface area contributed by atoms with E-state index >= 15 is 0 Å². The quantitative estimate of drug-likeness (QED) is 0.687. The van der Waals surface area contributed by atoms with Crippen LogP contribution in [-0.4, -0.2) is 19.6 Å². The molecule has 4 heteroatoms. The van der Waals surface area contributed by atoms with Crippen LogP contribution in [0.25, 0.3) is 6.08 Å². The summed E-state index contributed by atoms with van der Waals surface area (Å²) < 4.78 is 10.8. The van der Waals surface area contributed by atoms with Crippen LogP contribution in [0.2, 0.25) is 5.02 Å². The number of allylic oxidation sites excluding steroid dienone is 1. The Bertz CT molecular complexity index is 454. The third-order valence-corrected chi connectivity index (χ3v) is 3.38. The van der Waals surface area contributed by atoms with Crippen molar-refractivity contribution in [2.45, 2.75) is 20.8 Å². The van der Waals surface area contributed by atoms with Crippen molar-refractivity contribution in [2.75, 3.05) is 19.6 Å². The molecule has 106 valence electrons. The molecule has 0 saturated heterocycles. The fourth-order valence-corrected chi connectivity index (χ4v) is 2.34. The molecule has 0 aromatic heterocycles. The summed E-state index contributed by atoms with van der Waals surface area (Å²) in [6.45, 7) is 6.68. The average molecular weight is 303 g/mol. The van der Waals surface area contributed by atoms with E-state index in [1.807, 2.05) is 25.1 Å². The molecule has 1 rings (SSSR count). The molecule has 0 unspecified atom stereocenters. The number of alkyl halides is 1. The smallest absolute Gasteiger partial charge is 0.179 e. The van der Waals surface area contributed by atoms with Gasteiger partial charge in [-0.2, -0.15) is 0 Å². The first-order chi connectivity index (χ1) is 9.03. The zero-order chi connectivity index (χ0) is 14.4. The number of halogens is 2. The van der Waals surface area contributed by atoms with Crippen LogP contribution in [0.1, 0.15) is 26.3 Å². The molecule has 19 heavy (non-hydrogen) atoms. The van der Waals surface area contributed by atoms with Gasteiger partial charge in [0.05, 0.1) is 18.7 Å². The van der Waals surface area contributed by atoms with E-state index in [1.54, 1.807) is 7.11 Å². The van der Waals surface area contributed by atoms with Crippen LogP contribution in [0.4, 0.5) is 0 Å². The monoisotopic (exact) mass is 302 g/mol. The van der Waals surface area contributed by atoms with Crippen molar-refractivity contribution in [3.63, 3.8) is 0 Å². The first-order valence-corrected chi connectivity index (χ1v) is 7.21. The molecule has 2 nitrogen and oxygen atoms in total. The van der Waals surface area contributed by atoms with E-state index < -0.39 is 0 Å². The Balaban J connectivity index is 3.21. The molecule has 0 bridgehead atoms. The summed E-state index contributed by atoms with van der Waals surface area (Å²) in [5.74, 6) is 2.12. The molecule has 1 aromatic carbocycles. The highest BCUT2D eigenvalue weighted by atomic mass is 35.5. The van der Waals surface area contributed by atoms with Crippen LogP contribution < -0.4 is 9.47 Å². The van der Waals surface area contributed by atoms with Gasteiger partial charge >= 0.3 is 0 Å². The summed E-state index contributed by atoms with van der Waals surface area (Å²) in [4.78, 5) is 0. The van der Waals surface area contributed by atoms with Gasteiger partial charge in [-0.05, 0) is 30.5 Å². The second kappa shape index (κ2) is 7.66. The molecule has 0 amide bonds. The van der Waals surface area contributed by atoms with Gasteiger partial charge in [-0.3, -0.25) is 0 Å². The van der Waals surface area contributed by atoms with Gasteiger partial charge in [0.1, 0.15) is 0 Å². The van der Waals surface area contributed by atoms with Gasteiger partial charge < -0.3 is 9.47 Å². The number of methoxy groups -OCH3 is 1. The summed E-state index contributed by atoms with van der Waals surface area (Å²) in [5, 5.41) is 0.546. The van der Waals surface area contributed by atoms with Crippen molar-refractivity contribution in [3.05, 3.63) is 28.3 Å². The molecule has 0 aliphatic rings. The predicted octanol–water partition coefficient (Wildman–Crippen LogP) is 5.03. The molecular weight excluding hydrogens is 283 g/mol. The SMILES string of the molecule is CCOc1c(Cl)cc(C=C(CCl)C(C)C)cc1OC. The topological polar surface area (TPSA) is 18.5 Å². The molecule has 0 fully saturated rings. The van der Waals surface area contributed by atoms with E-state index in [0.717, 1.165) is 11.1 Å². The Labute approximate surface area is 125 Å². The highest BCUT2D eigenvalue weighted by Gasteiger charge is 2.11. The third kappa shape index (κ3) is 4.32. The number of benzene rings is 1. The lowest BCUT2D eigenvalue weighted by molar-refractivity contribution is 0.311. The molecular formula is C15H20Cl2O2. The van der Waals surface area contributed by atoms with Crippen LogP contribution in [0.15, 0.2) is 17.7 Å². The molecule has 0 N–H and O–H groups in total. The van der Waals surface area contributed by atoms with Crippen molar-refractivity contribution < 1.29 is 9.47 Å². The van der Waals surface area contributed by atoms with Gasteiger partial charge in [0, 0.05) is 5.88 Å². The normalized spacial score (nSPS) is 11.8. The second-order valence-corrected chi connectivity index (χ2v) is 5.15. The van der Waals surface area contributed by atoms with Crippen molar-refractivity contribution in [1.82, 2.24) is 0 Å². The Morgan fingerprint density at radius 3 is 2.53 bits per heavy atom. The predicted molar refractivity (Wildman–Crippen MR) is 82.7 cm³/mol. The lowest BCUT2D eigenvalue weighted by Gasteiger charge is -2.13. The molecule has 0 saturated carbocycles. The fourth-order valence-electron chi connectivity index (χ4n) is 1.68. The second-order valence-electron chi connectivity index (χ2n) is 4.47. The van der Waals surface area contributed by atoms with Crippen LogP contribution in [0, 0.1) is 5.92 Å². The Hall–Kier alpha value is -0.860. The zero-order valence-electron chi connectivity index (χ0n) is 11.8. The van der Waals surface area contributed by atoms with Gasteiger partial charge in [-0.15, -0.1) is 11.6 Å². The average Bonchev–Trinajstić information content (AvgIpc) is 2.38. The largest absolute Gasteiger partial charge is 0.493 e. The van der Waals surface area contributed by atoms with Gasteiger partial charge in [0.15, 0.2) is 11.5 Å². The molecule has 1 aromatic rings. The molecule has 0 aliphatic heterocycles. The van der Waals surface area contributed by atoms with Crippen LogP contribution in [0.5, 0.6) is 11.5 Å². The minimum atomic E-state index is 0.397. The van der Waals surface area contributed by atoms with E-state index in [1.165, 1.54) is 0 Å². The first kappa shape index (κ1) is 16.2. The Kier molecular flexibility index (Phi) is 6.53. The summed E-state index contributed by atoms with van der Waals surface area (Å²) in [6, 6.07) is 3.77. The van der Waals surface area contributed by atoms with E-state index in [2.05, 4.69) is 13.8 Å². The standard InChI is InChI=1S/C15H20Cl2O2/c1-5-19-15-13(17)7-11(8-14(15)18-4)6-12(9-16)10(2)3/h6-8,10H,5,9H2,1-4H3. The molecule has 0 atom stereocenters. The van der Waals surface area contributed by atoms with Crippen molar-refractivity contribution in [2.24, 2.45) is 5.92 Å². The minimum Gasteiger partial charge on any atom is -0.493 e. The van der Waals surface area contributed by atoms with Crippen LogP contribution in [0.3, 0.4) is 0 Å². The van der Waals surface area contributed by atoms with Gasteiger partial charge in [0.2, 0.25) is 0 Å². The first-order valence-electron chi connectivity index (χ1n) is 6.30. The van der Waals surface area contributed by atoms with Gasteiger partial charge in [-0.25, -0.2) is 0 Å². The Morgan fingerprint density at radius 2 is 2.05 bits per heavy atom. The molecule has 0 aliphatic carbocycles.